The van der Waals surface area contributed by atoms with Crippen LogP contribution in [-0.4, -0.2) is 0 Å². The van der Waals surface area contributed by atoms with Crippen LogP contribution in [0.1, 0.15) is 43.7 Å². The summed E-state index contributed by atoms with van der Waals surface area (Å²) in [4.78, 5) is 4.73. The Hall–Kier alpha value is -6.24. The van der Waals surface area contributed by atoms with Crippen molar-refractivity contribution in [3.8, 4) is 0 Å². The number of benzene rings is 4. The Labute approximate surface area is 293 Å². The summed E-state index contributed by atoms with van der Waals surface area (Å²) < 4.78 is 6.37. The molecule has 0 fully saturated rings. The van der Waals surface area contributed by atoms with E-state index in [1.165, 1.54) is 28.2 Å². The molecule has 0 N–H and O–H groups in total. The van der Waals surface area contributed by atoms with Gasteiger partial charge in [0.05, 0.1) is 11.4 Å². The van der Waals surface area contributed by atoms with Gasteiger partial charge in [-0.05, 0) is 90.7 Å². The summed E-state index contributed by atoms with van der Waals surface area (Å²) in [6.45, 7) is 2.20. The first-order valence-corrected chi connectivity index (χ1v) is 17.5. The molecule has 0 saturated carbocycles. The number of para-hydroxylation sites is 2. The zero-order valence-electron chi connectivity index (χ0n) is 28.1. The summed E-state index contributed by atoms with van der Waals surface area (Å²) >= 11 is 0. The van der Waals surface area contributed by atoms with Crippen LogP contribution in [0, 0.1) is 0 Å². The van der Waals surface area contributed by atoms with E-state index >= 15 is 0 Å². The molecule has 0 spiro atoms. The molecule has 0 amide bonds. The van der Waals surface area contributed by atoms with Gasteiger partial charge in [0.2, 0.25) is 0 Å². The van der Waals surface area contributed by atoms with Crippen molar-refractivity contribution in [2.45, 2.75) is 32.6 Å². The van der Waals surface area contributed by atoms with Crippen LogP contribution >= 0.6 is 0 Å². The molecule has 4 aliphatic rings. The van der Waals surface area contributed by atoms with E-state index in [0.29, 0.717) is 0 Å². The van der Waals surface area contributed by atoms with Crippen LogP contribution in [0.15, 0.2) is 190 Å². The molecule has 0 unspecified atom stereocenters. The fourth-order valence-electron chi connectivity index (χ4n) is 7.51. The third-order valence-electron chi connectivity index (χ3n) is 9.89. The summed E-state index contributed by atoms with van der Waals surface area (Å²) in [5.74, 6) is 0. The van der Waals surface area contributed by atoms with E-state index in [1.54, 1.807) is 0 Å². The van der Waals surface area contributed by atoms with Crippen molar-refractivity contribution in [3.05, 3.63) is 197 Å². The molecule has 0 atom stereocenters. The maximum Gasteiger partial charge on any atom is 0.135 e. The van der Waals surface area contributed by atoms with E-state index in [1.807, 2.05) is 0 Å². The first-order valence-electron chi connectivity index (χ1n) is 17.5. The molecule has 1 aromatic heterocycles. The molecular formula is C47H36N2O. The standard InChI is InChI=1S/C47H36N2O/c1-2-33(17-14-21-39-30-36-16-7-4-11-23-44(36)48(39)37-18-8-5-9-19-37)34-25-27-46-42(31-34)43-32-40(26-28-47(43)50-46)49-38-20-10-3-6-15-35(29-38)41-22-12-13-24-45(41)49/h4-16,18-22,24-28,31-32H,2-3,23,30H2,1H3/b15-6+,20-10-,39-21+. The first kappa shape index (κ1) is 29.9. The van der Waals surface area contributed by atoms with Gasteiger partial charge < -0.3 is 14.2 Å². The number of allylic oxidation sites excluding steroid dienone is 11. The molecule has 3 heteroatoms. The molecule has 9 rings (SSSR count). The van der Waals surface area contributed by atoms with Crippen molar-refractivity contribution in [2.24, 2.45) is 0 Å². The number of fused-ring (bicyclic) bond motifs is 5. The molecule has 5 aromatic rings. The predicted octanol–water partition coefficient (Wildman–Crippen LogP) is 12.6. The summed E-state index contributed by atoms with van der Waals surface area (Å²) in [6.07, 6.45) is 25.5. The lowest BCUT2D eigenvalue weighted by atomic mass is 9.96. The Bertz CT molecular complexity index is 2510. The second-order valence-electron chi connectivity index (χ2n) is 12.9. The lowest BCUT2D eigenvalue weighted by molar-refractivity contribution is 0.669. The topological polar surface area (TPSA) is 19.6 Å². The normalized spacial score (nSPS) is 18.2. The van der Waals surface area contributed by atoms with Crippen LogP contribution in [0.2, 0.25) is 0 Å². The molecular weight excluding hydrogens is 609 g/mol. The van der Waals surface area contributed by atoms with Gasteiger partial charge in [-0.15, -0.1) is 5.73 Å². The van der Waals surface area contributed by atoms with Crippen LogP contribution in [0.4, 0.5) is 17.1 Å². The molecule has 0 radical (unpaired) electrons. The molecule has 2 aliphatic carbocycles. The zero-order valence-corrected chi connectivity index (χ0v) is 28.1. The molecule has 3 nitrogen and oxygen atoms in total. The van der Waals surface area contributed by atoms with Crippen molar-refractivity contribution in [1.82, 2.24) is 0 Å². The highest BCUT2D eigenvalue weighted by Crippen LogP contribution is 2.43. The van der Waals surface area contributed by atoms with Gasteiger partial charge in [-0.25, -0.2) is 0 Å². The van der Waals surface area contributed by atoms with Gasteiger partial charge in [-0.2, -0.15) is 0 Å². The van der Waals surface area contributed by atoms with E-state index in [9.17, 15) is 0 Å². The molecule has 2 bridgehead atoms. The van der Waals surface area contributed by atoms with Crippen LogP contribution in [0.25, 0.3) is 33.1 Å². The summed E-state index contributed by atoms with van der Waals surface area (Å²) in [5, 5.41) is 2.21. The quantitative estimate of drug-likeness (QED) is 0.178. The third-order valence-corrected chi connectivity index (χ3v) is 9.89. The lowest BCUT2D eigenvalue weighted by Crippen LogP contribution is -2.18. The van der Waals surface area contributed by atoms with Gasteiger partial charge in [0.25, 0.3) is 0 Å². The number of rotatable bonds is 5. The average molecular weight is 645 g/mol. The van der Waals surface area contributed by atoms with Crippen LogP contribution in [0.5, 0.6) is 0 Å². The smallest absolute Gasteiger partial charge is 0.135 e. The Balaban J connectivity index is 1.10. The largest absolute Gasteiger partial charge is 0.456 e. The highest BCUT2D eigenvalue weighted by Gasteiger charge is 2.27. The van der Waals surface area contributed by atoms with E-state index in [4.69, 9.17) is 4.42 Å². The second-order valence-corrected chi connectivity index (χ2v) is 12.9. The second kappa shape index (κ2) is 12.7. The van der Waals surface area contributed by atoms with Gasteiger partial charge in [0.15, 0.2) is 0 Å². The van der Waals surface area contributed by atoms with E-state index in [-0.39, 0.29) is 0 Å². The van der Waals surface area contributed by atoms with Gasteiger partial charge in [0.1, 0.15) is 11.2 Å². The van der Waals surface area contributed by atoms with Crippen molar-refractivity contribution in [1.29, 1.82) is 0 Å². The lowest BCUT2D eigenvalue weighted by Gasteiger charge is -2.30. The number of hydrogen-bond acceptors (Lipinski definition) is 3. The van der Waals surface area contributed by atoms with Crippen LogP contribution in [-0.2, 0) is 0 Å². The monoisotopic (exact) mass is 644 g/mol. The minimum atomic E-state index is 0.866. The van der Waals surface area contributed by atoms with Gasteiger partial charge in [-0.1, -0.05) is 97.7 Å². The van der Waals surface area contributed by atoms with Gasteiger partial charge >= 0.3 is 0 Å². The van der Waals surface area contributed by atoms with Gasteiger partial charge in [-0.3, -0.25) is 0 Å². The maximum atomic E-state index is 6.37. The minimum absolute atomic E-state index is 0.866. The van der Waals surface area contributed by atoms with E-state index in [0.717, 1.165) is 81.4 Å². The molecule has 4 aromatic carbocycles. The number of furan rings is 1. The zero-order chi connectivity index (χ0) is 33.4. The molecule has 0 saturated heterocycles. The average Bonchev–Trinajstić information content (AvgIpc) is 3.59. The predicted molar refractivity (Wildman–Crippen MR) is 209 cm³/mol. The highest BCUT2D eigenvalue weighted by atomic mass is 16.3. The summed E-state index contributed by atoms with van der Waals surface area (Å²) in [6, 6.07) is 32.3. The van der Waals surface area contributed by atoms with Crippen molar-refractivity contribution in [3.63, 3.8) is 0 Å². The summed E-state index contributed by atoms with van der Waals surface area (Å²) in [7, 11) is 0. The highest BCUT2D eigenvalue weighted by molar-refractivity contribution is 6.07. The Morgan fingerprint density at radius 2 is 1.62 bits per heavy atom. The van der Waals surface area contributed by atoms with Crippen molar-refractivity contribution >= 4 is 50.1 Å². The first-order chi connectivity index (χ1) is 24.7. The fourth-order valence-corrected chi connectivity index (χ4v) is 7.51. The summed E-state index contributed by atoms with van der Waals surface area (Å²) in [5.41, 5.74) is 22.2. The number of anilines is 3. The minimum Gasteiger partial charge on any atom is -0.456 e. The third kappa shape index (κ3) is 5.27. The van der Waals surface area contributed by atoms with Crippen molar-refractivity contribution in [2.75, 3.05) is 9.80 Å². The fraction of sp³-hybridized carbons (Fsp3) is 0.106. The van der Waals surface area contributed by atoms with E-state index in [2.05, 4.69) is 180 Å². The maximum absolute atomic E-state index is 6.37. The Morgan fingerprint density at radius 1 is 0.800 bits per heavy atom. The Kier molecular flexibility index (Phi) is 7.56. The van der Waals surface area contributed by atoms with Crippen LogP contribution in [0.3, 0.4) is 0 Å². The number of nitrogens with zero attached hydrogens (tertiary/aromatic N) is 2. The molecule has 2 aliphatic heterocycles. The number of hydrogen-bond donors (Lipinski definition) is 0. The SMILES string of the molecule is CCC(=C=C/C=C1\CC2=C(CC=CC=C2)N1c1ccccc1)c1ccc2oc3ccc(N4C5=C=C(/C=C/C/C=C\5)c5ccccc54)cc3c2c1. The van der Waals surface area contributed by atoms with Crippen molar-refractivity contribution < 1.29 is 4.42 Å². The van der Waals surface area contributed by atoms with E-state index < -0.39 is 0 Å². The molecule has 50 heavy (non-hydrogen) atoms. The van der Waals surface area contributed by atoms with Crippen LogP contribution < -0.4 is 9.80 Å². The Morgan fingerprint density at radius 3 is 2.52 bits per heavy atom. The van der Waals surface area contributed by atoms with Gasteiger partial charge in [0, 0.05) is 63.1 Å². The molecule has 240 valence electrons. The molecule has 3 heterocycles.